The maximum Gasteiger partial charge on any atom is 0.339 e. The third kappa shape index (κ3) is 1.91. The first-order chi connectivity index (χ1) is 10.3. The molecule has 0 bridgehead atoms. The monoisotopic (exact) mass is 280 g/mol. The quantitative estimate of drug-likeness (QED) is 0.566. The molecule has 0 fully saturated rings. The Morgan fingerprint density at radius 1 is 1.14 bits per heavy atom. The van der Waals surface area contributed by atoms with Gasteiger partial charge in [0, 0.05) is 0 Å². The van der Waals surface area contributed by atoms with E-state index in [1.165, 1.54) is 18.7 Å². The molecule has 102 valence electrons. The summed E-state index contributed by atoms with van der Waals surface area (Å²) in [5.74, 6) is 0.671. The fourth-order valence-corrected chi connectivity index (χ4v) is 2.09. The number of ether oxygens (including phenoxy) is 1. The first kappa shape index (κ1) is 11.6. The summed E-state index contributed by atoms with van der Waals surface area (Å²) in [6.07, 6.45) is 2.86. The molecule has 0 radical (unpaired) electrons. The van der Waals surface area contributed by atoms with E-state index < -0.39 is 5.63 Å². The summed E-state index contributed by atoms with van der Waals surface area (Å²) >= 11 is 0. The minimum atomic E-state index is -0.487. The Balaban J connectivity index is 1.91. The van der Waals surface area contributed by atoms with E-state index in [1.807, 2.05) is 6.07 Å². The molecule has 0 saturated heterocycles. The van der Waals surface area contributed by atoms with Gasteiger partial charge in [-0.3, -0.25) is 0 Å². The van der Waals surface area contributed by atoms with E-state index >= 15 is 0 Å². The number of nitrogens with one attached hydrogen (secondary N) is 1. The molecule has 4 rings (SSSR count). The molecule has 0 unspecified atom stereocenters. The van der Waals surface area contributed by atoms with Crippen LogP contribution in [0.2, 0.25) is 0 Å². The first-order valence-electron chi connectivity index (χ1n) is 6.16. The average Bonchev–Trinajstić information content (AvgIpc) is 2.96. The fraction of sp³-hybridized carbons (Fsp3) is 0. The SMILES string of the molecule is O=c1cc(Oc2ncnc3nc[nH]c23)c2ccccc2o1. The molecule has 7 heteroatoms. The highest BCUT2D eigenvalue weighted by Crippen LogP contribution is 2.29. The highest BCUT2D eigenvalue weighted by atomic mass is 16.5. The molecular weight excluding hydrogens is 272 g/mol. The largest absolute Gasteiger partial charge is 0.436 e. The van der Waals surface area contributed by atoms with Crippen molar-refractivity contribution in [1.29, 1.82) is 0 Å². The second-order valence-electron chi connectivity index (χ2n) is 4.31. The van der Waals surface area contributed by atoms with Crippen LogP contribution in [-0.2, 0) is 0 Å². The van der Waals surface area contributed by atoms with E-state index in [0.29, 0.717) is 33.8 Å². The average molecular weight is 280 g/mol. The third-order valence-corrected chi connectivity index (χ3v) is 3.01. The molecule has 1 aromatic carbocycles. The van der Waals surface area contributed by atoms with Crippen molar-refractivity contribution in [3.8, 4) is 11.6 Å². The second-order valence-corrected chi connectivity index (χ2v) is 4.31. The summed E-state index contributed by atoms with van der Waals surface area (Å²) in [5, 5.41) is 0.684. The molecule has 0 spiro atoms. The molecule has 0 atom stereocenters. The Labute approximate surface area is 117 Å². The zero-order valence-electron chi connectivity index (χ0n) is 10.6. The standard InChI is InChI=1S/C14H8N4O3/c19-11-5-10(8-3-1-2-4-9(8)20-11)21-14-12-13(16-6-15-12)17-7-18-14/h1-7H,(H,15,16,17,18). The lowest BCUT2D eigenvalue weighted by atomic mass is 10.2. The van der Waals surface area contributed by atoms with Gasteiger partial charge in [-0.25, -0.2) is 14.8 Å². The van der Waals surface area contributed by atoms with Gasteiger partial charge in [0.1, 0.15) is 23.2 Å². The number of H-pyrrole nitrogens is 1. The number of fused-ring (bicyclic) bond motifs is 2. The summed E-state index contributed by atoms with van der Waals surface area (Å²) in [6, 6.07) is 8.41. The van der Waals surface area contributed by atoms with E-state index in [9.17, 15) is 4.79 Å². The number of benzene rings is 1. The highest BCUT2D eigenvalue weighted by Gasteiger charge is 2.12. The van der Waals surface area contributed by atoms with Gasteiger partial charge in [-0.15, -0.1) is 0 Å². The van der Waals surface area contributed by atoms with Crippen LogP contribution in [0.15, 0.2) is 52.2 Å². The van der Waals surface area contributed by atoms with Crippen molar-refractivity contribution < 1.29 is 9.15 Å². The van der Waals surface area contributed by atoms with E-state index in [0.717, 1.165) is 0 Å². The number of hydrogen-bond donors (Lipinski definition) is 1. The summed E-state index contributed by atoms with van der Waals surface area (Å²) in [6.45, 7) is 0. The van der Waals surface area contributed by atoms with Crippen LogP contribution in [0.25, 0.3) is 22.1 Å². The van der Waals surface area contributed by atoms with Crippen LogP contribution in [0.5, 0.6) is 11.6 Å². The molecule has 1 N–H and O–H groups in total. The minimum Gasteiger partial charge on any atom is -0.436 e. The van der Waals surface area contributed by atoms with E-state index in [2.05, 4.69) is 19.9 Å². The van der Waals surface area contributed by atoms with E-state index in [4.69, 9.17) is 9.15 Å². The Hall–Kier alpha value is -3.22. The van der Waals surface area contributed by atoms with Crippen LogP contribution in [0.3, 0.4) is 0 Å². The van der Waals surface area contributed by atoms with Gasteiger partial charge in [0.15, 0.2) is 5.65 Å². The van der Waals surface area contributed by atoms with Crippen LogP contribution in [0.1, 0.15) is 0 Å². The number of rotatable bonds is 2. The maximum absolute atomic E-state index is 11.6. The van der Waals surface area contributed by atoms with Crippen molar-refractivity contribution >= 4 is 22.1 Å². The maximum atomic E-state index is 11.6. The summed E-state index contributed by atoms with van der Waals surface area (Å²) < 4.78 is 10.9. The van der Waals surface area contributed by atoms with Crippen LogP contribution in [0.4, 0.5) is 0 Å². The van der Waals surface area contributed by atoms with Gasteiger partial charge < -0.3 is 14.1 Å². The molecule has 0 aliphatic heterocycles. The van der Waals surface area contributed by atoms with Crippen LogP contribution >= 0.6 is 0 Å². The molecule has 0 amide bonds. The van der Waals surface area contributed by atoms with E-state index in [1.54, 1.807) is 18.2 Å². The molecule has 4 aromatic rings. The molecule has 0 aliphatic rings. The second kappa shape index (κ2) is 4.41. The van der Waals surface area contributed by atoms with Crippen molar-refractivity contribution in [1.82, 2.24) is 19.9 Å². The van der Waals surface area contributed by atoms with Crippen LogP contribution in [-0.4, -0.2) is 19.9 Å². The molecule has 3 heterocycles. The van der Waals surface area contributed by atoms with Crippen molar-refractivity contribution in [3.05, 3.63) is 53.4 Å². The lowest BCUT2D eigenvalue weighted by Crippen LogP contribution is -1.99. The number of nitrogens with zero attached hydrogens (tertiary/aromatic N) is 3. The summed E-state index contributed by atoms with van der Waals surface area (Å²) in [5.41, 5.74) is 1.02. The molecule has 3 aromatic heterocycles. The number of aromatic nitrogens is 4. The van der Waals surface area contributed by atoms with Gasteiger partial charge in [-0.2, -0.15) is 4.98 Å². The highest BCUT2D eigenvalue weighted by molar-refractivity contribution is 5.84. The van der Waals surface area contributed by atoms with Gasteiger partial charge in [-0.1, -0.05) is 12.1 Å². The molecule has 21 heavy (non-hydrogen) atoms. The third-order valence-electron chi connectivity index (χ3n) is 3.01. The van der Waals surface area contributed by atoms with Gasteiger partial charge in [0.2, 0.25) is 5.88 Å². The van der Waals surface area contributed by atoms with Crippen LogP contribution in [0, 0.1) is 0 Å². The molecule has 7 nitrogen and oxygen atoms in total. The van der Waals surface area contributed by atoms with Gasteiger partial charge >= 0.3 is 5.63 Å². The zero-order chi connectivity index (χ0) is 14.2. The van der Waals surface area contributed by atoms with Gasteiger partial charge in [0.25, 0.3) is 0 Å². The predicted molar refractivity (Wildman–Crippen MR) is 74.2 cm³/mol. The number of para-hydroxylation sites is 1. The fourth-order valence-electron chi connectivity index (χ4n) is 2.09. The normalized spacial score (nSPS) is 11.0. The van der Waals surface area contributed by atoms with Crippen LogP contribution < -0.4 is 10.4 Å². The lowest BCUT2D eigenvalue weighted by Gasteiger charge is -2.07. The molecular formula is C14H8N4O3. The molecule has 0 saturated carbocycles. The first-order valence-corrected chi connectivity index (χ1v) is 6.16. The van der Waals surface area contributed by atoms with Crippen molar-refractivity contribution in [2.24, 2.45) is 0 Å². The summed E-state index contributed by atoms with van der Waals surface area (Å²) in [7, 11) is 0. The zero-order valence-corrected chi connectivity index (χ0v) is 10.6. The lowest BCUT2D eigenvalue weighted by molar-refractivity contribution is 0.461. The predicted octanol–water partition coefficient (Wildman–Crippen LogP) is 2.25. The number of aromatic amines is 1. The van der Waals surface area contributed by atoms with Crippen molar-refractivity contribution in [2.75, 3.05) is 0 Å². The Morgan fingerprint density at radius 3 is 3.00 bits per heavy atom. The van der Waals surface area contributed by atoms with Gasteiger partial charge in [0.05, 0.1) is 17.8 Å². The topological polar surface area (TPSA) is 93.9 Å². The number of hydrogen-bond acceptors (Lipinski definition) is 6. The van der Waals surface area contributed by atoms with Gasteiger partial charge in [-0.05, 0) is 12.1 Å². The summed E-state index contributed by atoms with van der Waals surface area (Å²) in [4.78, 5) is 26.6. The van der Waals surface area contributed by atoms with Crippen molar-refractivity contribution in [2.45, 2.75) is 0 Å². The smallest absolute Gasteiger partial charge is 0.339 e. The minimum absolute atomic E-state index is 0.299. The number of imidazole rings is 1. The Bertz CT molecular complexity index is 1010. The van der Waals surface area contributed by atoms with E-state index in [-0.39, 0.29) is 0 Å². The Morgan fingerprint density at radius 2 is 2.05 bits per heavy atom. The van der Waals surface area contributed by atoms with Crippen molar-refractivity contribution in [3.63, 3.8) is 0 Å². The molecule has 0 aliphatic carbocycles. The Kier molecular flexibility index (Phi) is 2.43.